The number of carbonyl (C=O) groups is 1. The molecule has 2 unspecified atom stereocenters. The van der Waals surface area contributed by atoms with E-state index in [4.69, 9.17) is 10.6 Å². The van der Waals surface area contributed by atoms with Crippen molar-refractivity contribution in [2.24, 2.45) is 22.7 Å². The molecular weight excluding hydrogens is 266 g/mol. The molecule has 5 nitrogen and oxygen atoms in total. The number of nitrogens with zero attached hydrogens (tertiary/aromatic N) is 2. The first kappa shape index (κ1) is 16.2. The molecule has 118 valence electrons. The highest BCUT2D eigenvalue weighted by molar-refractivity contribution is 6.45. The number of amides is 1. The van der Waals surface area contributed by atoms with Crippen LogP contribution in [-0.2, 0) is 9.53 Å². The Morgan fingerprint density at radius 2 is 2.10 bits per heavy atom. The Kier molecular flexibility index (Phi) is 4.84. The van der Waals surface area contributed by atoms with E-state index in [-0.39, 0.29) is 18.1 Å². The normalized spacial score (nSPS) is 32.6. The highest BCUT2D eigenvalue weighted by atomic mass is 16.5. The first-order valence-corrected chi connectivity index (χ1v) is 7.77. The number of nitrogens with two attached hydrogens (primary N) is 1. The van der Waals surface area contributed by atoms with Crippen molar-refractivity contribution >= 4 is 11.6 Å². The fourth-order valence-corrected chi connectivity index (χ4v) is 3.43. The predicted molar refractivity (Wildman–Crippen MR) is 83.9 cm³/mol. The van der Waals surface area contributed by atoms with Crippen molar-refractivity contribution in [3.63, 3.8) is 0 Å². The van der Waals surface area contributed by atoms with Gasteiger partial charge in [-0.2, -0.15) is 0 Å². The molecule has 5 heteroatoms. The molecule has 21 heavy (non-hydrogen) atoms. The topological polar surface area (TPSA) is 67.9 Å². The third-order valence-electron chi connectivity index (χ3n) is 4.88. The number of allylic oxidation sites excluding steroid dienone is 1. The van der Waals surface area contributed by atoms with Crippen LogP contribution in [0, 0.1) is 11.8 Å². The lowest BCUT2D eigenvalue weighted by Crippen LogP contribution is -2.46. The van der Waals surface area contributed by atoms with Crippen molar-refractivity contribution in [3.8, 4) is 0 Å². The van der Waals surface area contributed by atoms with E-state index >= 15 is 0 Å². The van der Waals surface area contributed by atoms with E-state index in [0.717, 1.165) is 18.4 Å². The number of fused-ring (bicyclic) bond motifs is 1. The van der Waals surface area contributed by atoms with Crippen LogP contribution in [-0.4, -0.2) is 42.4 Å². The first-order chi connectivity index (χ1) is 9.93. The van der Waals surface area contributed by atoms with E-state index in [2.05, 4.69) is 18.8 Å². The highest BCUT2D eigenvalue weighted by Gasteiger charge is 2.61. The molecule has 0 aromatic heterocycles. The lowest BCUT2D eigenvalue weighted by molar-refractivity contribution is -0.126. The maximum absolute atomic E-state index is 12.6. The molecule has 1 aliphatic carbocycles. The summed E-state index contributed by atoms with van der Waals surface area (Å²) in [4.78, 5) is 16.8. The number of aliphatic imine (C=N–C) groups is 1. The second-order valence-electron chi connectivity index (χ2n) is 6.21. The van der Waals surface area contributed by atoms with Gasteiger partial charge in [-0.1, -0.05) is 18.9 Å². The van der Waals surface area contributed by atoms with Crippen LogP contribution in [0.15, 0.2) is 16.1 Å². The first-order valence-electron chi connectivity index (χ1n) is 7.77. The molecule has 0 aromatic rings. The number of hydrazine groups is 1. The van der Waals surface area contributed by atoms with E-state index in [0.29, 0.717) is 24.2 Å². The van der Waals surface area contributed by atoms with Crippen LogP contribution in [0.2, 0.25) is 0 Å². The SMILES string of the molecule is CCC/C(C)=C(\C)C(=NC)C(=O)N(N)[C@@H]1C2C(C)OC[C@H]21. The minimum atomic E-state index is -0.169. The average Bonchev–Trinajstić information content (AvgIpc) is 3.07. The Bertz CT molecular complexity index is 484. The van der Waals surface area contributed by atoms with Gasteiger partial charge in [0.2, 0.25) is 0 Å². The van der Waals surface area contributed by atoms with Crippen LogP contribution in [0.5, 0.6) is 0 Å². The summed E-state index contributed by atoms with van der Waals surface area (Å²) in [6, 6.07) is 0.109. The predicted octanol–water partition coefficient (Wildman–Crippen LogP) is 1.93. The van der Waals surface area contributed by atoms with E-state index in [1.54, 1.807) is 7.05 Å². The van der Waals surface area contributed by atoms with Gasteiger partial charge in [-0.15, -0.1) is 0 Å². The molecule has 1 aliphatic heterocycles. The maximum Gasteiger partial charge on any atom is 0.286 e. The molecule has 2 rings (SSSR count). The van der Waals surface area contributed by atoms with E-state index < -0.39 is 0 Å². The lowest BCUT2D eigenvalue weighted by atomic mass is 10.0. The third kappa shape index (κ3) is 2.90. The summed E-state index contributed by atoms with van der Waals surface area (Å²) in [5.41, 5.74) is 2.64. The summed E-state index contributed by atoms with van der Waals surface area (Å²) in [5, 5.41) is 1.39. The van der Waals surface area contributed by atoms with Crippen LogP contribution >= 0.6 is 0 Å². The summed E-state index contributed by atoms with van der Waals surface area (Å²) >= 11 is 0. The highest BCUT2D eigenvalue weighted by Crippen LogP contribution is 2.50. The van der Waals surface area contributed by atoms with Gasteiger partial charge in [-0.05, 0) is 32.8 Å². The monoisotopic (exact) mass is 293 g/mol. The van der Waals surface area contributed by atoms with Gasteiger partial charge in [-0.25, -0.2) is 5.84 Å². The Labute approximate surface area is 127 Å². The summed E-state index contributed by atoms with van der Waals surface area (Å²) in [6.07, 6.45) is 2.23. The second kappa shape index (κ2) is 6.28. The van der Waals surface area contributed by atoms with Crippen LogP contribution in [0.25, 0.3) is 0 Å². The summed E-state index contributed by atoms with van der Waals surface area (Å²) in [7, 11) is 1.66. The quantitative estimate of drug-likeness (QED) is 0.364. The zero-order chi connectivity index (χ0) is 15.7. The number of hydrogen-bond acceptors (Lipinski definition) is 4. The number of rotatable bonds is 5. The van der Waals surface area contributed by atoms with E-state index in [9.17, 15) is 4.79 Å². The smallest absolute Gasteiger partial charge is 0.286 e. The van der Waals surface area contributed by atoms with Gasteiger partial charge in [0, 0.05) is 18.9 Å². The molecule has 1 heterocycles. The van der Waals surface area contributed by atoms with Gasteiger partial charge in [-0.3, -0.25) is 14.8 Å². The Balaban J connectivity index is 2.10. The zero-order valence-corrected chi connectivity index (χ0v) is 13.7. The Hall–Kier alpha value is -1.20. The van der Waals surface area contributed by atoms with Crippen molar-refractivity contribution < 1.29 is 9.53 Å². The molecule has 1 saturated heterocycles. The van der Waals surface area contributed by atoms with E-state index in [1.165, 1.54) is 10.6 Å². The van der Waals surface area contributed by atoms with Gasteiger partial charge in [0.15, 0.2) is 0 Å². The van der Waals surface area contributed by atoms with Gasteiger partial charge < -0.3 is 4.74 Å². The molecule has 4 atom stereocenters. The molecular formula is C16H27N3O2. The zero-order valence-electron chi connectivity index (χ0n) is 13.7. The van der Waals surface area contributed by atoms with Crippen LogP contribution in [0.3, 0.4) is 0 Å². The number of carbonyl (C=O) groups excluding carboxylic acids is 1. The molecule has 1 saturated carbocycles. The van der Waals surface area contributed by atoms with Crippen LogP contribution in [0.1, 0.15) is 40.5 Å². The number of hydrogen-bond donors (Lipinski definition) is 1. The van der Waals surface area contributed by atoms with Gasteiger partial charge >= 0.3 is 0 Å². The fraction of sp³-hybridized carbons (Fsp3) is 0.750. The molecule has 2 N–H and O–H groups in total. The van der Waals surface area contributed by atoms with Crippen molar-refractivity contribution in [2.45, 2.75) is 52.7 Å². The van der Waals surface area contributed by atoms with Crippen molar-refractivity contribution in [1.82, 2.24) is 5.01 Å². The van der Waals surface area contributed by atoms with Crippen molar-refractivity contribution in [3.05, 3.63) is 11.1 Å². The minimum absolute atomic E-state index is 0.109. The van der Waals surface area contributed by atoms with Crippen LogP contribution in [0.4, 0.5) is 0 Å². The average molecular weight is 293 g/mol. The van der Waals surface area contributed by atoms with Crippen molar-refractivity contribution in [1.29, 1.82) is 0 Å². The third-order valence-corrected chi connectivity index (χ3v) is 4.88. The summed E-state index contributed by atoms with van der Waals surface area (Å²) < 4.78 is 5.55. The lowest BCUT2D eigenvalue weighted by Gasteiger charge is -2.22. The van der Waals surface area contributed by atoms with Gasteiger partial charge in [0.1, 0.15) is 5.71 Å². The molecule has 2 aliphatic rings. The maximum atomic E-state index is 12.6. The molecule has 0 spiro atoms. The minimum Gasteiger partial charge on any atom is -0.378 e. The molecule has 2 fully saturated rings. The standard InChI is InChI=1S/C16H27N3O2/c1-6-7-9(2)10(3)14(18-5)16(20)19(17)15-12-8-21-11(4)13(12)15/h11-13,15H,6-8,17H2,1-5H3/b10-9+,18-14?/t11?,12-,13?,15+/m1/s1. The summed E-state index contributed by atoms with van der Waals surface area (Å²) in [5.74, 6) is 6.70. The Morgan fingerprint density at radius 3 is 2.57 bits per heavy atom. The summed E-state index contributed by atoms with van der Waals surface area (Å²) in [6.45, 7) is 8.90. The van der Waals surface area contributed by atoms with Crippen molar-refractivity contribution in [2.75, 3.05) is 13.7 Å². The molecule has 0 aromatic carbocycles. The molecule has 0 radical (unpaired) electrons. The molecule has 1 amide bonds. The fourth-order valence-electron chi connectivity index (χ4n) is 3.43. The molecule has 0 bridgehead atoms. The largest absolute Gasteiger partial charge is 0.378 e. The Morgan fingerprint density at radius 1 is 1.43 bits per heavy atom. The second-order valence-corrected chi connectivity index (χ2v) is 6.21. The van der Waals surface area contributed by atoms with Gasteiger partial charge in [0.25, 0.3) is 5.91 Å². The number of ether oxygens (including phenoxy) is 1. The van der Waals surface area contributed by atoms with Crippen LogP contribution < -0.4 is 5.84 Å². The van der Waals surface area contributed by atoms with E-state index in [1.807, 2.05) is 13.8 Å². The van der Waals surface area contributed by atoms with Gasteiger partial charge in [0.05, 0.1) is 18.8 Å².